The fraction of sp³-hybridized carbons (Fsp3) is 0.150. The van der Waals surface area contributed by atoms with Crippen LogP contribution in [0.2, 0.25) is 5.02 Å². The number of nitrogens with zero attached hydrogens (tertiary/aromatic N) is 1. The van der Waals surface area contributed by atoms with Crippen LogP contribution in [0, 0.1) is 0 Å². The standard InChI is InChI=1S/C20H18ClNO2/c21-19-11-5-4-10-18(19)20(23)22(15-17-9-6-14-24-17)13-12-16-7-2-1-3-8-16/h1-11,14H,12-13,15H2. The molecule has 1 amide bonds. The molecule has 3 aromatic rings. The molecule has 2 aromatic carbocycles. The lowest BCUT2D eigenvalue weighted by molar-refractivity contribution is 0.0733. The van der Waals surface area contributed by atoms with Crippen LogP contribution in [0.15, 0.2) is 77.4 Å². The minimum absolute atomic E-state index is 0.0899. The van der Waals surface area contributed by atoms with Crippen molar-refractivity contribution < 1.29 is 9.21 Å². The van der Waals surface area contributed by atoms with Gasteiger partial charge >= 0.3 is 0 Å². The van der Waals surface area contributed by atoms with E-state index >= 15 is 0 Å². The lowest BCUT2D eigenvalue weighted by Crippen LogP contribution is -2.32. The van der Waals surface area contributed by atoms with E-state index in [1.807, 2.05) is 42.5 Å². The van der Waals surface area contributed by atoms with E-state index in [1.54, 1.807) is 23.3 Å². The Bertz CT molecular complexity index is 784. The van der Waals surface area contributed by atoms with Crippen molar-refractivity contribution in [2.75, 3.05) is 6.54 Å². The van der Waals surface area contributed by atoms with Crippen molar-refractivity contribution in [3.8, 4) is 0 Å². The molecule has 0 bridgehead atoms. The van der Waals surface area contributed by atoms with Crippen molar-refractivity contribution in [1.82, 2.24) is 4.90 Å². The van der Waals surface area contributed by atoms with Crippen molar-refractivity contribution in [2.24, 2.45) is 0 Å². The van der Waals surface area contributed by atoms with E-state index in [-0.39, 0.29) is 5.91 Å². The summed E-state index contributed by atoms with van der Waals surface area (Å²) in [5, 5.41) is 0.464. The second-order valence-electron chi connectivity index (χ2n) is 5.52. The van der Waals surface area contributed by atoms with Crippen molar-refractivity contribution in [2.45, 2.75) is 13.0 Å². The van der Waals surface area contributed by atoms with Gasteiger partial charge in [-0.2, -0.15) is 0 Å². The van der Waals surface area contributed by atoms with Crippen LogP contribution in [0.1, 0.15) is 21.7 Å². The Morgan fingerprint density at radius 1 is 0.958 bits per heavy atom. The minimum Gasteiger partial charge on any atom is -0.467 e. The summed E-state index contributed by atoms with van der Waals surface area (Å²) in [6.45, 7) is 1.01. The molecule has 0 aliphatic rings. The molecule has 1 heterocycles. The van der Waals surface area contributed by atoms with Gasteiger partial charge in [0.05, 0.1) is 23.4 Å². The van der Waals surface area contributed by atoms with Crippen LogP contribution in [0.25, 0.3) is 0 Å². The van der Waals surface area contributed by atoms with Crippen LogP contribution >= 0.6 is 11.6 Å². The molecular formula is C20H18ClNO2. The van der Waals surface area contributed by atoms with E-state index in [4.69, 9.17) is 16.0 Å². The van der Waals surface area contributed by atoms with E-state index in [9.17, 15) is 4.79 Å². The molecular weight excluding hydrogens is 322 g/mol. The van der Waals surface area contributed by atoms with Crippen molar-refractivity contribution in [3.05, 3.63) is 94.9 Å². The quantitative estimate of drug-likeness (QED) is 0.645. The summed E-state index contributed by atoms with van der Waals surface area (Å²) >= 11 is 6.19. The molecule has 0 N–H and O–H groups in total. The Morgan fingerprint density at radius 3 is 2.42 bits per heavy atom. The Hall–Kier alpha value is -2.52. The summed E-state index contributed by atoms with van der Waals surface area (Å²) in [5.41, 5.74) is 1.70. The molecule has 122 valence electrons. The van der Waals surface area contributed by atoms with E-state index < -0.39 is 0 Å². The first-order chi connectivity index (χ1) is 11.7. The molecule has 0 aliphatic carbocycles. The zero-order chi connectivity index (χ0) is 16.8. The Balaban J connectivity index is 1.79. The number of hydrogen-bond donors (Lipinski definition) is 0. The molecule has 0 saturated heterocycles. The first-order valence-corrected chi connectivity index (χ1v) is 8.22. The lowest BCUT2D eigenvalue weighted by atomic mass is 10.1. The molecule has 0 atom stereocenters. The van der Waals surface area contributed by atoms with E-state index in [2.05, 4.69) is 12.1 Å². The van der Waals surface area contributed by atoms with Crippen molar-refractivity contribution in [1.29, 1.82) is 0 Å². The van der Waals surface area contributed by atoms with Crippen LogP contribution in [-0.2, 0) is 13.0 Å². The SMILES string of the molecule is O=C(c1ccccc1Cl)N(CCc1ccccc1)Cc1ccco1. The van der Waals surface area contributed by atoms with E-state index in [1.165, 1.54) is 5.56 Å². The predicted octanol–water partition coefficient (Wildman–Crippen LogP) is 4.82. The van der Waals surface area contributed by atoms with Crippen LogP contribution in [0.4, 0.5) is 0 Å². The highest BCUT2D eigenvalue weighted by molar-refractivity contribution is 6.33. The normalized spacial score (nSPS) is 10.5. The molecule has 24 heavy (non-hydrogen) atoms. The van der Waals surface area contributed by atoms with Gasteiger partial charge in [-0.3, -0.25) is 4.79 Å². The van der Waals surface area contributed by atoms with Gasteiger partial charge in [0.15, 0.2) is 0 Å². The molecule has 3 nitrogen and oxygen atoms in total. The third-order valence-corrected chi connectivity index (χ3v) is 4.16. The molecule has 0 aliphatic heterocycles. The molecule has 3 rings (SSSR count). The number of hydrogen-bond acceptors (Lipinski definition) is 2. The predicted molar refractivity (Wildman–Crippen MR) is 95.0 cm³/mol. The van der Waals surface area contributed by atoms with Gasteiger partial charge in [0.25, 0.3) is 5.91 Å². The number of rotatable bonds is 6. The number of halogens is 1. The van der Waals surface area contributed by atoms with Crippen molar-refractivity contribution >= 4 is 17.5 Å². The molecule has 0 unspecified atom stereocenters. The molecule has 4 heteroatoms. The molecule has 0 spiro atoms. The Kier molecular flexibility index (Phi) is 5.34. The summed E-state index contributed by atoms with van der Waals surface area (Å²) in [6, 6.07) is 20.9. The van der Waals surface area contributed by atoms with E-state index in [0.29, 0.717) is 23.7 Å². The summed E-state index contributed by atoms with van der Waals surface area (Å²) in [6.07, 6.45) is 2.39. The summed E-state index contributed by atoms with van der Waals surface area (Å²) < 4.78 is 5.41. The second-order valence-corrected chi connectivity index (χ2v) is 5.93. The summed E-state index contributed by atoms with van der Waals surface area (Å²) in [7, 11) is 0. The molecule has 0 radical (unpaired) electrons. The highest BCUT2D eigenvalue weighted by Gasteiger charge is 2.19. The lowest BCUT2D eigenvalue weighted by Gasteiger charge is -2.22. The summed E-state index contributed by atoms with van der Waals surface area (Å²) in [5.74, 6) is 0.663. The Labute approximate surface area is 146 Å². The monoisotopic (exact) mass is 339 g/mol. The molecule has 1 aromatic heterocycles. The first-order valence-electron chi connectivity index (χ1n) is 7.84. The number of furan rings is 1. The Morgan fingerprint density at radius 2 is 1.71 bits per heavy atom. The minimum atomic E-state index is -0.0899. The van der Waals surface area contributed by atoms with Gasteiger partial charge in [-0.1, -0.05) is 54.1 Å². The van der Waals surface area contributed by atoms with E-state index in [0.717, 1.165) is 12.2 Å². The fourth-order valence-corrected chi connectivity index (χ4v) is 2.77. The van der Waals surface area contributed by atoms with Gasteiger partial charge < -0.3 is 9.32 Å². The number of benzene rings is 2. The van der Waals surface area contributed by atoms with Crippen LogP contribution < -0.4 is 0 Å². The van der Waals surface area contributed by atoms with Crippen LogP contribution in [-0.4, -0.2) is 17.4 Å². The van der Waals surface area contributed by atoms with Gasteiger partial charge in [0.1, 0.15) is 5.76 Å². The van der Waals surface area contributed by atoms with Gasteiger partial charge in [-0.05, 0) is 36.2 Å². The first kappa shape index (κ1) is 16.3. The maximum atomic E-state index is 12.9. The third-order valence-electron chi connectivity index (χ3n) is 3.83. The third kappa shape index (κ3) is 4.06. The fourth-order valence-electron chi connectivity index (χ4n) is 2.56. The number of carbonyl (C=O) groups is 1. The van der Waals surface area contributed by atoms with Gasteiger partial charge in [0.2, 0.25) is 0 Å². The number of carbonyl (C=O) groups excluding carboxylic acids is 1. The molecule has 0 fully saturated rings. The average molecular weight is 340 g/mol. The highest BCUT2D eigenvalue weighted by Crippen LogP contribution is 2.19. The maximum Gasteiger partial charge on any atom is 0.255 e. The largest absolute Gasteiger partial charge is 0.467 e. The van der Waals surface area contributed by atoms with Gasteiger partial charge in [-0.15, -0.1) is 0 Å². The average Bonchev–Trinajstić information content (AvgIpc) is 3.12. The van der Waals surface area contributed by atoms with Crippen LogP contribution in [0.3, 0.4) is 0 Å². The highest BCUT2D eigenvalue weighted by atomic mass is 35.5. The number of amides is 1. The van der Waals surface area contributed by atoms with Gasteiger partial charge in [0, 0.05) is 6.54 Å². The maximum absolute atomic E-state index is 12.9. The topological polar surface area (TPSA) is 33.5 Å². The van der Waals surface area contributed by atoms with Gasteiger partial charge in [-0.25, -0.2) is 0 Å². The zero-order valence-electron chi connectivity index (χ0n) is 13.2. The zero-order valence-corrected chi connectivity index (χ0v) is 13.9. The second kappa shape index (κ2) is 7.84. The van der Waals surface area contributed by atoms with Crippen molar-refractivity contribution in [3.63, 3.8) is 0 Å². The molecule has 0 saturated carbocycles. The van der Waals surface area contributed by atoms with Crippen LogP contribution in [0.5, 0.6) is 0 Å². The smallest absolute Gasteiger partial charge is 0.255 e. The summed E-state index contributed by atoms with van der Waals surface area (Å²) in [4.78, 5) is 14.7.